The molecule has 0 amide bonds. The van der Waals surface area contributed by atoms with Crippen LogP contribution in [-0.2, 0) is 10.0 Å². The molecule has 1 atom stereocenters. The van der Waals surface area contributed by atoms with Gasteiger partial charge in [0.05, 0.1) is 17.6 Å². The van der Waals surface area contributed by atoms with Crippen molar-refractivity contribution in [3.05, 3.63) is 36.5 Å². The van der Waals surface area contributed by atoms with Crippen molar-refractivity contribution in [2.75, 3.05) is 18.0 Å². The van der Waals surface area contributed by atoms with Gasteiger partial charge in [0.1, 0.15) is 17.2 Å². The number of fused-ring (bicyclic) bond motifs is 1. The number of nitrogens with two attached hydrogens (primary N) is 1. The Kier molecular flexibility index (Phi) is 4.67. The number of rotatable bonds is 4. The SMILES string of the molecule is NS(=O)(=O)C1CCCN(c2ccnc(-c3cnc4cnc(C(F)F)cn34)n2)C1. The molecule has 2 N–H and O–H groups in total. The first-order valence-electron chi connectivity index (χ1n) is 8.54. The third-order valence-corrected chi connectivity index (χ3v) is 5.99. The number of piperidine rings is 1. The van der Waals surface area contributed by atoms with Crippen molar-refractivity contribution in [3.63, 3.8) is 0 Å². The van der Waals surface area contributed by atoms with Crippen molar-refractivity contribution in [2.45, 2.75) is 24.5 Å². The lowest BCUT2D eigenvalue weighted by Gasteiger charge is -2.32. The molecule has 0 saturated carbocycles. The zero-order valence-corrected chi connectivity index (χ0v) is 15.4. The quantitative estimate of drug-likeness (QED) is 0.691. The summed E-state index contributed by atoms with van der Waals surface area (Å²) in [7, 11) is -3.64. The highest BCUT2D eigenvalue weighted by Gasteiger charge is 2.29. The molecule has 9 nitrogen and oxygen atoms in total. The van der Waals surface area contributed by atoms with Crippen LogP contribution in [0.25, 0.3) is 17.2 Å². The van der Waals surface area contributed by atoms with Crippen molar-refractivity contribution in [3.8, 4) is 11.5 Å². The Morgan fingerprint density at radius 3 is 2.79 bits per heavy atom. The van der Waals surface area contributed by atoms with Gasteiger partial charge in [-0.05, 0) is 18.9 Å². The lowest BCUT2D eigenvalue weighted by molar-refractivity contribution is 0.145. The molecule has 28 heavy (non-hydrogen) atoms. The third-order valence-electron chi connectivity index (χ3n) is 4.68. The number of sulfonamides is 1. The van der Waals surface area contributed by atoms with E-state index in [-0.39, 0.29) is 18.1 Å². The second kappa shape index (κ2) is 7.02. The first kappa shape index (κ1) is 18.6. The maximum absolute atomic E-state index is 13.0. The number of primary sulfonamides is 1. The number of anilines is 1. The Morgan fingerprint density at radius 2 is 2.04 bits per heavy atom. The van der Waals surface area contributed by atoms with Crippen molar-refractivity contribution in [1.82, 2.24) is 24.3 Å². The number of alkyl halides is 2. The highest BCUT2D eigenvalue weighted by atomic mass is 32.2. The standard InChI is InChI=1S/C16H17F2N7O2S/c17-15(18)11-9-25-12(6-22-14(25)7-21-11)16-20-4-3-13(23-16)24-5-1-2-10(8-24)28(19,26)27/h3-4,6-7,9-10,15H,1-2,5,8H2,(H2,19,26,27). The van der Waals surface area contributed by atoms with Gasteiger partial charge in [-0.2, -0.15) is 0 Å². The number of hydrogen-bond acceptors (Lipinski definition) is 7. The van der Waals surface area contributed by atoms with E-state index in [0.717, 1.165) is 0 Å². The third kappa shape index (κ3) is 3.52. The van der Waals surface area contributed by atoms with E-state index < -0.39 is 21.7 Å². The smallest absolute Gasteiger partial charge is 0.281 e. The molecule has 1 unspecified atom stereocenters. The fraction of sp³-hybridized carbons (Fsp3) is 0.375. The van der Waals surface area contributed by atoms with Crippen LogP contribution >= 0.6 is 0 Å². The first-order valence-corrected chi connectivity index (χ1v) is 10.1. The van der Waals surface area contributed by atoms with Gasteiger partial charge in [0.2, 0.25) is 10.0 Å². The molecule has 1 aliphatic heterocycles. The molecule has 4 rings (SSSR count). The van der Waals surface area contributed by atoms with Crippen LogP contribution < -0.4 is 10.0 Å². The molecule has 3 aromatic rings. The molecular formula is C16H17F2N7O2S. The molecule has 0 bridgehead atoms. The summed E-state index contributed by atoms with van der Waals surface area (Å²) in [4.78, 5) is 18.4. The first-order chi connectivity index (χ1) is 13.3. The minimum absolute atomic E-state index is 0.238. The van der Waals surface area contributed by atoms with Gasteiger partial charge in [-0.1, -0.05) is 0 Å². The van der Waals surface area contributed by atoms with E-state index in [4.69, 9.17) is 5.14 Å². The van der Waals surface area contributed by atoms with Crippen LogP contribution in [0.15, 0.2) is 30.9 Å². The molecule has 12 heteroatoms. The van der Waals surface area contributed by atoms with Gasteiger partial charge in [0.25, 0.3) is 6.43 Å². The molecule has 148 valence electrons. The predicted octanol–water partition coefficient (Wildman–Crippen LogP) is 1.38. The molecule has 1 aliphatic rings. The average Bonchev–Trinajstić information content (AvgIpc) is 3.11. The number of nitrogens with zero attached hydrogens (tertiary/aromatic N) is 6. The van der Waals surface area contributed by atoms with E-state index in [1.54, 1.807) is 6.07 Å². The molecule has 0 radical (unpaired) electrons. The van der Waals surface area contributed by atoms with Gasteiger partial charge in [0, 0.05) is 25.5 Å². The van der Waals surface area contributed by atoms with Crippen molar-refractivity contribution in [1.29, 1.82) is 0 Å². The fourth-order valence-corrected chi connectivity index (χ4v) is 4.13. The molecule has 4 heterocycles. The van der Waals surface area contributed by atoms with Crippen LogP contribution in [0.1, 0.15) is 25.0 Å². The Hall–Kier alpha value is -2.73. The molecular weight excluding hydrogens is 392 g/mol. The Balaban J connectivity index is 1.70. The summed E-state index contributed by atoms with van der Waals surface area (Å²) >= 11 is 0. The molecule has 0 aromatic carbocycles. The molecule has 1 saturated heterocycles. The zero-order chi connectivity index (χ0) is 19.9. The van der Waals surface area contributed by atoms with Crippen LogP contribution in [-0.4, -0.2) is 51.1 Å². The van der Waals surface area contributed by atoms with Crippen LogP contribution in [0.2, 0.25) is 0 Å². The van der Waals surface area contributed by atoms with Gasteiger partial charge in [-0.3, -0.25) is 4.40 Å². The van der Waals surface area contributed by atoms with Crippen molar-refractivity contribution < 1.29 is 17.2 Å². The summed E-state index contributed by atoms with van der Waals surface area (Å²) in [6, 6.07) is 1.67. The fourth-order valence-electron chi connectivity index (χ4n) is 3.25. The van der Waals surface area contributed by atoms with E-state index in [0.29, 0.717) is 36.5 Å². The van der Waals surface area contributed by atoms with Gasteiger partial charge >= 0.3 is 0 Å². The average molecular weight is 409 g/mol. The summed E-state index contributed by atoms with van der Waals surface area (Å²) in [6.45, 7) is 0.872. The summed E-state index contributed by atoms with van der Waals surface area (Å²) in [5, 5.41) is 4.64. The topological polar surface area (TPSA) is 119 Å². The minimum atomic E-state index is -3.64. The van der Waals surface area contributed by atoms with Gasteiger partial charge in [-0.15, -0.1) is 0 Å². The van der Waals surface area contributed by atoms with Crippen LogP contribution in [0.4, 0.5) is 14.6 Å². The molecule has 0 aliphatic carbocycles. The van der Waals surface area contributed by atoms with Gasteiger partial charge in [0.15, 0.2) is 11.5 Å². The molecule has 3 aromatic heterocycles. The molecule has 1 fully saturated rings. The zero-order valence-electron chi connectivity index (χ0n) is 14.6. The highest BCUT2D eigenvalue weighted by Crippen LogP contribution is 2.25. The van der Waals surface area contributed by atoms with Crippen molar-refractivity contribution >= 4 is 21.5 Å². The monoisotopic (exact) mass is 409 g/mol. The number of imidazole rings is 1. The maximum atomic E-state index is 13.0. The number of hydrogen-bond donors (Lipinski definition) is 1. The largest absolute Gasteiger partial charge is 0.355 e. The van der Waals surface area contributed by atoms with Gasteiger partial charge < -0.3 is 4.90 Å². The highest BCUT2D eigenvalue weighted by molar-refractivity contribution is 7.89. The summed E-state index contributed by atoms with van der Waals surface area (Å²) in [6.07, 6.45) is 3.94. The number of halogens is 2. The molecule has 0 spiro atoms. The Morgan fingerprint density at radius 1 is 1.21 bits per heavy atom. The van der Waals surface area contributed by atoms with E-state index in [9.17, 15) is 17.2 Å². The van der Waals surface area contributed by atoms with Crippen LogP contribution in [0.5, 0.6) is 0 Å². The Bertz CT molecular complexity index is 1120. The maximum Gasteiger partial charge on any atom is 0.281 e. The van der Waals surface area contributed by atoms with Crippen molar-refractivity contribution in [2.24, 2.45) is 5.14 Å². The lowest BCUT2D eigenvalue weighted by Crippen LogP contribution is -2.45. The minimum Gasteiger partial charge on any atom is -0.355 e. The summed E-state index contributed by atoms with van der Waals surface area (Å²) < 4.78 is 50.8. The Labute approximate surface area is 159 Å². The van der Waals surface area contributed by atoms with Gasteiger partial charge in [-0.25, -0.2) is 42.3 Å². The van der Waals surface area contributed by atoms with Crippen LogP contribution in [0, 0.1) is 0 Å². The number of aromatic nitrogens is 5. The lowest BCUT2D eigenvalue weighted by atomic mass is 10.1. The summed E-state index contributed by atoms with van der Waals surface area (Å²) in [5.41, 5.74) is 0.441. The normalized spacial score (nSPS) is 18.1. The van der Waals surface area contributed by atoms with E-state index in [1.165, 1.54) is 29.2 Å². The van der Waals surface area contributed by atoms with E-state index in [2.05, 4.69) is 19.9 Å². The second-order valence-corrected chi connectivity index (χ2v) is 8.37. The van der Waals surface area contributed by atoms with Crippen LogP contribution in [0.3, 0.4) is 0 Å². The predicted molar refractivity (Wildman–Crippen MR) is 97.3 cm³/mol. The second-order valence-electron chi connectivity index (χ2n) is 6.52. The van der Waals surface area contributed by atoms with E-state index in [1.807, 2.05) is 4.90 Å². The summed E-state index contributed by atoms with van der Waals surface area (Å²) in [5.74, 6) is 0.825. The van der Waals surface area contributed by atoms with E-state index >= 15 is 0 Å².